The molecule has 2 N–H and O–H groups in total. The van der Waals surface area contributed by atoms with Crippen molar-refractivity contribution in [1.82, 2.24) is 4.90 Å². The summed E-state index contributed by atoms with van der Waals surface area (Å²) in [5, 5.41) is 15.0. The van der Waals surface area contributed by atoms with E-state index in [2.05, 4.69) is 10.6 Å². The number of carbonyl (C=O) groups is 2. The first kappa shape index (κ1) is 20.7. The summed E-state index contributed by atoms with van der Waals surface area (Å²) in [6.45, 7) is 1.65. The predicted molar refractivity (Wildman–Crippen MR) is 107 cm³/mol. The minimum absolute atomic E-state index is 0.0334. The van der Waals surface area contributed by atoms with Crippen LogP contribution in [0.2, 0.25) is 10.0 Å². The first-order valence-corrected chi connectivity index (χ1v) is 8.82. The third-order valence-corrected chi connectivity index (χ3v) is 4.55. The molecule has 0 spiro atoms. The van der Waals surface area contributed by atoms with Crippen LogP contribution in [0.3, 0.4) is 0 Å². The van der Waals surface area contributed by atoms with Crippen LogP contribution in [0.4, 0.5) is 11.4 Å². The Labute approximate surface area is 167 Å². The SMILES string of the molecule is C[C@H](C(=O)Nc1cccc(C#N)c1)N(C)CC(=O)Nc1c(Cl)cccc1Cl. The number of anilines is 2. The van der Waals surface area contributed by atoms with Crippen molar-refractivity contribution in [1.29, 1.82) is 5.26 Å². The van der Waals surface area contributed by atoms with Crippen LogP contribution in [-0.2, 0) is 9.59 Å². The summed E-state index contributed by atoms with van der Waals surface area (Å²) in [5.74, 6) is -0.644. The molecule has 2 aromatic carbocycles. The number of carbonyl (C=O) groups excluding carboxylic acids is 2. The van der Waals surface area contributed by atoms with E-state index in [-0.39, 0.29) is 18.4 Å². The molecule has 0 radical (unpaired) electrons. The molecule has 0 bridgehead atoms. The molecule has 0 saturated heterocycles. The lowest BCUT2D eigenvalue weighted by Crippen LogP contribution is -2.43. The fourth-order valence-electron chi connectivity index (χ4n) is 2.27. The van der Waals surface area contributed by atoms with Gasteiger partial charge in [0, 0.05) is 5.69 Å². The molecule has 0 fully saturated rings. The number of hydrogen-bond donors (Lipinski definition) is 2. The van der Waals surface area contributed by atoms with E-state index in [4.69, 9.17) is 28.5 Å². The number of rotatable bonds is 6. The topological polar surface area (TPSA) is 85.2 Å². The second kappa shape index (κ2) is 9.38. The summed E-state index contributed by atoms with van der Waals surface area (Å²) in [6.07, 6.45) is 0. The number of benzene rings is 2. The summed E-state index contributed by atoms with van der Waals surface area (Å²) < 4.78 is 0. The quantitative estimate of drug-likeness (QED) is 0.767. The van der Waals surface area contributed by atoms with Gasteiger partial charge in [0.1, 0.15) is 0 Å². The van der Waals surface area contributed by atoms with Gasteiger partial charge >= 0.3 is 0 Å². The van der Waals surface area contributed by atoms with Crippen molar-refractivity contribution in [2.45, 2.75) is 13.0 Å². The highest BCUT2D eigenvalue weighted by Crippen LogP contribution is 2.29. The second-order valence-corrected chi connectivity index (χ2v) is 6.73. The zero-order valence-corrected chi connectivity index (χ0v) is 16.3. The van der Waals surface area contributed by atoms with Gasteiger partial charge in [-0.2, -0.15) is 5.26 Å². The van der Waals surface area contributed by atoms with E-state index >= 15 is 0 Å². The van der Waals surface area contributed by atoms with Crippen molar-refractivity contribution < 1.29 is 9.59 Å². The highest BCUT2D eigenvalue weighted by Gasteiger charge is 2.21. The third-order valence-electron chi connectivity index (χ3n) is 3.92. The van der Waals surface area contributed by atoms with Gasteiger partial charge < -0.3 is 10.6 Å². The number of nitrogens with zero attached hydrogens (tertiary/aromatic N) is 2. The normalized spacial score (nSPS) is 11.6. The van der Waals surface area contributed by atoms with Crippen LogP contribution in [-0.4, -0.2) is 36.3 Å². The standard InChI is InChI=1S/C19H18Cl2N4O2/c1-12(19(27)23-14-6-3-5-13(9-14)10-22)25(2)11-17(26)24-18-15(20)7-4-8-16(18)21/h3-9,12H,11H2,1-2H3,(H,23,27)(H,24,26)/t12-/m1/s1. The zero-order chi connectivity index (χ0) is 20.0. The van der Waals surface area contributed by atoms with E-state index in [1.807, 2.05) is 6.07 Å². The molecule has 0 unspecified atom stereocenters. The minimum atomic E-state index is -0.580. The van der Waals surface area contributed by atoms with E-state index < -0.39 is 6.04 Å². The van der Waals surface area contributed by atoms with E-state index in [1.54, 1.807) is 61.3 Å². The van der Waals surface area contributed by atoms with Gasteiger partial charge in [-0.05, 0) is 44.3 Å². The molecule has 2 aromatic rings. The molecule has 27 heavy (non-hydrogen) atoms. The summed E-state index contributed by atoms with van der Waals surface area (Å²) in [7, 11) is 1.66. The summed E-state index contributed by atoms with van der Waals surface area (Å²) in [5.41, 5.74) is 1.31. The smallest absolute Gasteiger partial charge is 0.241 e. The molecule has 0 aliphatic rings. The van der Waals surface area contributed by atoms with E-state index in [0.717, 1.165) is 0 Å². The summed E-state index contributed by atoms with van der Waals surface area (Å²) in [6, 6.07) is 13.0. The molecule has 2 rings (SSSR count). The number of amides is 2. The number of para-hydroxylation sites is 1. The second-order valence-electron chi connectivity index (χ2n) is 5.92. The van der Waals surface area contributed by atoms with Gasteiger partial charge in [0.15, 0.2) is 0 Å². The van der Waals surface area contributed by atoms with Crippen LogP contribution < -0.4 is 10.6 Å². The number of halogens is 2. The molecule has 0 saturated carbocycles. The Morgan fingerprint density at radius 2 is 1.78 bits per heavy atom. The number of likely N-dealkylation sites (N-methyl/N-ethyl adjacent to an activating group) is 1. The number of nitriles is 1. The molecule has 0 aromatic heterocycles. The highest BCUT2D eigenvalue weighted by atomic mass is 35.5. The van der Waals surface area contributed by atoms with E-state index in [0.29, 0.717) is 27.0 Å². The first-order chi connectivity index (χ1) is 12.8. The summed E-state index contributed by atoms with van der Waals surface area (Å²) >= 11 is 12.1. The van der Waals surface area contributed by atoms with E-state index in [9.17, 15) is 9.59 Å². The van der Waals surface area contributed by atoms with Gasteiger partial charge in [0.25, 0.3) is 0 Å². The molecule has 6 nitrogen and oxygen atoms in total. The molecule has 0 aliphatic heterocycles. The van der Waals surface area contributed by atoms with Crippen molar-refractivity contribution >= 4 is 46.4 Å². The lowest BCUT2D eigenvalue weighted by Gasteiger charge is -2.23. The molecule has 0 heterocycles. The Balaban J connectivity index is 1.95. The molecule has 8 heteroatoms. The Morgan fingerprint density at radius 1 is 1.15 bits per heavy atom. The Bertz CT molecular complexity index is 875. The van der Waals surface area contributed by atoms with Crippen LogP contribution in [0.5, 0.6) is 0 Å². The molecular formula is C19H18Cl2N4O2. The van der Waals surface area contributed by atoms with Crippen molar-refractivity contribution in [3.8, 4) is 6.07 Å². The lowest BCUT2D eigenvalue weighted by atomic mass is 10.2. The fourth-order valence-corrected chi connectivity index (χ4v) is 2.76. The summed E-state index contributed by atoms with van der Waals surface area (Å²) in [4.78, 5) is 26.2. The number of hydrogen-bond acceptors (Lipinski definition) is 4. The van der Waals surface area contributed by atoms with Crippen molar-refractivity contribution in [3.63, 3.8) is 0 Å². The predicted octanol–water partition coefficient (Wildman–Crippen LogP) is 3.76. The maximum absolute atomic E-state index is 12.4. The fraction of sp³-hybridized carbons (Fsp3) is 0.211. The molecule has 2 amide bonds. The highest BCUT2D eigenvalue weighted by molar-refractivity contribution is 6.39. The average molecular weight is 405 g/mol. The van der Waals surface area contributed by atoms with Crippen LogP contribution >= 0.6 is 23.2 Å². The molecule has 140 valence electrons. The Hall–Kier alpha value is -2.59. The Kier molecular flexibility index (Phi) is 7.19. The van der Waals surface area contributed by atoms with Gasteiger partial charge in [-0.15, -0.1) is 0 Å². The maximum Gasteiger partial charge on any atom is 0.241 e. The minimum Gasteiger partial charge on any atom is -0.325 e. The van der Waals surface area contributed by atoms with Crippen LogP contribution in [0.1, 0.15) is 12.5 Å². The van der Waals surface area contributed by atoms with Gasteiger partial charge in [0.2, 0.25) is 11.8 Å². The molecule has 1 atom stereocenters. The molecular weight excluding hydrogens is 387 g/mol. The van der Waals surface area contributed by atoms with Gasteiger partial charge in [-0.1, -0.05) is 35.3 Å². The van der Waals surface area contributed by atoms with Crippen molar-refractivity contribution in [2.24, 2.45) is 0 Å². The molecule has 0 aliphatic carbocycles. The largest absolute Gasteiger partial charge is 0.325 e. The first-order valence-electron chi connectivity index (χ1n) is 8.07. The Morgan fingerprint density at radius 3 is 2.41 bits per heavy atom. The monoisotopic (exact) mass is 404 g/mol. The van der Waals surface area contributed by atoms with Gasteiger partial charge in [0.05, 0.1) is 40.0 Å². The third kappa shape index (κ3) is 5.69. The van der Waals surface area contributed by atoms with Gasteiger partial charge in [-0.3, -0.25) is 14.5 Å². The van der Waals surface area contributed by atoms with E-state index in [1.165, 1.54) is 0 Å². The zero-order valence-electron chi connectivity index (χ0n) is 14.8. The van der Waals surface area contributed by atoms with Crippen LogP contribution in [0, 0.1) is 11.3 Å². The lowest BCUT2D eigenvalue weighted by molar-refractivity contribution is -0.122. The van der Waals surface area contributed by atoms with Crippen LogP contribution in [0.25, 0.3) is 0 Å². The number of nitrogens with one attached hydrogen (secondary N) is 2. The average Bonchev–Trinajstić information content (AvgIpc) is 2.64. The van der Waals surface area contributed by atoms with Crippen LogP contribution in [0.15, 0.2) is 42.5 Å². The van der Waals surface area contributed by atoms with Gasteiger partial charge in [-0.25, -0.2) is 0 Å². The van der Waals surface area contributed by atoms with Crippen molar-refractivity contribution in [3.05, 3.63) is 58.1 Å². The van der Waals surface area contributed by atoms with Crippen molar-refractivity contribution in [2.75, 3.05) is 24.2 Å². The maximum atomic E-state index is 12.4.